The molecule has 0 saturated heterocycles. The molecule has 0 spiro atoms. The molecule has 2 aromatic rings. The van der Waals surface area contributed by atoms with Gasteiger partial charge in [0.15, 0.2) is 7.83 Å². The standard InChI is InChI=1S/2C3HBr2NS/c2*4-2-1-7-3(5)6-2/h2*1H. The van der Waals surface area contributed by atoms with Crippen LogP contribution >= 0.6 is 86.4 Å². The Balaban J connectivity index is 0.000000140. The molecule has 0 unspecified atom stereocenters. The molecule has 8 heteroatoms. The van der Waals surface area contributed by atoms with Gasteiger partial charge in [0.05, 0.1) is 0 Å². The van der Waals surface area contributed by atoms with Crippen LogP contribution in [0.25, 0.3) is 0 Å². The first-order valence-corrected chi connectivity index (χ1v) is 8.04. The Bertz CT molecular complexity index is 329. The minimum absolute atomic E-state index is 0.893. The van der Waals surface area contributed by atoms with E-state index in [1.165, 1.54) is 0 Å². The van der Waals surface area contributed by atoms with Crippen LogP contribution in [0.1, 0.15) is 0 Å². The highest BCUT2D eigenvalue weighted by Gasteiger charge is 1.90. The summed E-state index contributed by atoms with van der Waals surface area (Å²) in [7, 11) is 0. The van der Waals surface area contributed by atoms with Gasteiger partial charge >= 0.3 is 0 Å². The minimum Gasteiger partial charge on any atom is -0.222 e. The van der Waals surface area contributed by atoms with Crippen LogP contribution in [0.15, 0.2) is 27.8 Å². The average Bonchev–Trinajstić information content (AvgIpc) is 2.63. The Morgan fingerprint density at radius 3 is 1.21 bits per heavy atom. The van der Waals surface area contributed by atoms with Crippen molar-refractivity contribution in [2.75, 3.05) is 0 Å². The van der Waals surface area contributed by atoms with Gasteiger partial charge in [-0.15, -0.1) is 22.7 Å². The number of halogens is 4. The topological polar surface area (TPSA) is 25.8 Å². The number of hydrogen-bond acceptors (Lipinski definition) is 4. The van der Waals surface area contributed by atoms with Crippen molar-refractivity contribution in [1.82, 2.24) is 9.97 Å². The van der Waals surface area contributed by atoms with E-state index < -0.39 is 0 Å². The van der Waals surface area contributed by atoms with Crippen molar-refractivity contribution in [2.45, 2.75) is 0 Å². The predicted molar refractivity (Wildman–Crippen MR) is 75.0 cm³/mol. The van der Waals surface area contributed by atoms with Crippen molar-refractivity contribution in [3.8, 4) is 0 Å². The van der Waals surface area contributed by atoms with E-state index >= 15 is 0 Å². The lowest BCUT2D eigenvalue weighted by atomic mass is 11.0. The fraction of sp³-hybridized carbons (Fsp3) is 0. The maximum atomic E-state index is 3.96. The molecule has 0 aliphatic heterocycles. The summed E-state index contributed by atoms with van der Waals surface area (Å²) < 4.78 is 3.62. The van der Waals surface area contributed by atoms with E-state index in [9.17, 15) is 0 Å². The highest BCUT2D eigenvalue weighted by Crippen LogP contribution is 2.19. The zero-order chi connectivity index (χ0) is 10.6. The van der Waals surface area contributed by atoms with Crippen LogP contribution in [0.4, 0.5) is 0 Å². The zero-order valence-corrected chi connectivity index (χ0v) is 14.4. The van der Waals surface area contributed by atoms with Crippen molar-refractivity contribution in [3.63, 3.8) is 0 Å². The van der Waals surface area contributed by atoms with E-state index in [2.05, 4.69) is 73.7 Å². The summed E-state index contributed by atoms with van der Waals surface area (Å²) in [5, 5.41) is 3.84. The number of nitrogens with zero attached hydrogens (tertiary/aromatic N) is 2. The first-order valence-electron chi connectivity index (χ1n) is 3.11. The van der Waals surface area contributed by atoms with Crippen LogP contribution in [0.5, 0.6) is 0 Å². The molecule has 0 amide bonds. The summed E-state index contributed by atoms with van der Waals surface area (Å²) in [6.07, 6.45) is 0. The monoisotopic (exact) mass is 482 g/mol. The molecular weight excluding hydrogens is 484 g/mol. The lowest BCUT2D eigenvalue weighted by Gasteiger charge is -1.67. The first kappa shape index (κ1) is 13.2. The number of thiazole rings is 2. The second-order valence-corrected chi connectivity index (χ2v) is 7.74. The summed E-state index contributed by atoms with van der Waals surface area (Å²) in [6, 6.07) is 0. The fourth-order valence-corrected chi connectivity index (χ4v) is 3.83. The quantitative estimate of drug-likeness (QED) is 0.504. The predicted octanol–water partition coefficient (Wildman–Crippen LogP) is 5.34. The van der Waals surface area contributed by atoms with Gasteiger partial charge in [-0.2, -0.15) is 0 Å². The largest absolute Gasteiger partial charge is 0.222 e. The Morgan fingerprint density at radius 1 is 0.786 bits per heavy atom. The van der Waals surface area contributed by atoms with Crippen LogP contribution in [0.3, 0.4) is 0 Å². The zero-order valence-electron chi connectivity index (χ0n) is 6.38. The molecule has 2 nitrogen and oxygen atoms in total. The second kappa shape index (κ2) is 6.70. The SMILES string of the molecule is Brc1csc(Br)n1.Brc1csc(Br)n1. The van der Waals surface area contributed by atoms with Gasteiger partial charge in [-0.05, 0) is 63.7 Å². The molecule has 0 N–H and O–H groups in total. The maximum Gasteiger partial charge on any atom is 0.160 e. The van der Waals surface area contributed by atoms with Gasteiger partial charge in [-0.3, -0.25) is 0 Å². The third-order valence-electron chi connectivity index (χ3n) is 0.896. The average molecular weight is 486 g/mol. The second-order valence-electron chi connectivity index (χ2n) is 1.85. The van der Waals surface area contributed by atoms with Gasteiger partial charge < -0.3 is 0 Å². The molecule has 0 aliphatic rings. The van der Waals surface area contributed by atoms with Crippen LogP contribution in [0, 0.1) is 0 Å². The third-order valence-corrected chi connectivity index (χ3v) is 5.04. The van der Waals surface area contributed by atoms with Crippen molar-refractivity contribution in [2.24, 2.45) is 0 Å². The van der Waals surface area contributed by atoms with Gasteiger partial charge in [0.25, 0.3) is 0 Å². The molecule has 0 saturated carbocycles. The molecule has 2 rings (SSSR count). The van der Waals surface area contributed by atoms with Gasteiger partial charge in [0, 0.05) is 10.8 Å². The van der Waals surface area contributed by atoms with Gasteiger partial charge in [-0.1, -0.05) is 0 Å². The Labute approximate surface area is 123 Å². The smallest absolute Gasteiger partial charge is 0.160 e. The van der Waals surface area contributed by atoms with E-state index in [0.29, 0.717) is 0 Å². The normalized spacial score (nSPS) is 9.43. The first-order chi connectivity index (χ1) is 6.58. The van der Waals surface area contributed by atoms with Crippen molar-refractivity contribution in [1.29, 1.82) is 0 Å². The van der Waals surface area contributed by atoms with E-state index in [-0.39, 0.29) is 0 Å². The van der Waals surface area contributed by atoms with Gasteiger partial charge in [0.1, 0.15) is 9.21 Å². The van der Waals surface area contributed by atoms with Gasteiger partial charge in [0.2, 0.25) is 0 Å². The number of rotatable bonds is 0. The molecule has 0 atom stereocenters. The molecule has 76 valence electrons. The molecule has 2 heterocycles. The summed E-state index contributed by atoms with van der Waals surface area (Å²) in [4.78, 5) is 7.93. The highest BCUT2D eigenvalue weighted by atomic mass is 79.9. The summed E-state index contributed by atoms with van der Waals surface area (Å²) >= 11 is 15.9. The molecule has 2 aromatic heterocycles. The Morgan fingerprint density at radius 2 is 1.14 bits per heavy atom. The Kier molecular flexibility index (Phi) is 6.34. The number of hydrogen-bond donors (Lipinski definition) is 0. The molecule has 0 fully saturated rings. The minimum atomic E-state index is 0.893. The summed E-state index contributed by atoms with van der Waals surface area (Å²) in [6.45, 7) is 0. The van der Waals surface area contributed by atoms with E-state index in [4.69, 9.17) is 0 Å². The third kappa shape index (κ3) is 5.32. The summed E-state index contributed by atoms with van der Waals surface area (Å²) in [5.74, 6) is 0. The lowest BCUT2D eigenvalue weighted by Crippen LogP contribution is -1.55. The van der Waals surface area contributed by atoms with E-state index in [0.717, 1.165) is 17.0 Å². The molecule has 0 aromatic carbocycles. The molecule has 0 aliphatic carbocycles. The van der Waals surface area contributed by atoms with Crippen LogP contribution < -0.4 is 0 Å². The van der Waals surface area contributed by atoms with E-state index in [1.807, 2.05) is 10.8 Å². The van der Waals surface area contributed by atoms with Crippen LogP contribution in [0.2, 0.25) is 0 Å². The molecule has 0 bridgehead atoms. The summed E-state index contributed by atoms with van der Waals surface area (Å²) in [5.41, 5.74) is 0. The highest BCUT2D eigenvalue weighted by molar-refractivity contribution is 9.11. The number of aromatic nitrogens is 2. The molecule has 0 radical (unpaired) electrons. The maximum absolute atomic E-state index is 3.96. The van der Waals surface area contributed by atoms with E-state index in [1.54, 1.807) is 22.7 Å². The van der Waals surface area contributed by atoms with Crippen molar-refractivity contribution < 1.29 is 0 Å². The van der Waals surface area contributed by atoms with Crippen LogP contribution in [-0.4, -0.2) is 9.97 Å². The van der Waals surface area contributed by atoms with Gasteiger partial charge in [-0.25, -0.2) is 9.97 Å². The lowest BCUT2D eigenvalue weighted by molar-refractivity contribution is 1.33. The van der Waals surface area contributed by atoms with Crippen LogP contribution in [-0.2, 0) is 0 Å². The molecular formula is C6H2Br4N2S2. The Hall–Kier alpha value is 1.18. The fourth-order valence-electron chi connectivity index (χ4n) is 0.468. The van der Waals surface area contributed by atoms with Crippen molar-refractivity contribution >= 4 is 86.4 Å². The molecule has 14 heavy (non-hydrogen) atoms. The van der Waals surface area contributed by atoms with Crippen molar-refractivity contribution in [3.05, 3.63) is 27.8 Å².